The summed E-state index contributed by atoms with van der Waals surface area (Å²) in [6.45, 7) is 3.71. The Balaban J connectivity index is 1.87. The molecule has 160 valence electrons. The van der Waals surface area contributed by atoms with Crippen LogP contribution in [-0.2, 0) is 12.6 Å². The molecule has 0 saturated heterocycles. The zero-order valence-electron chi connectivity index (χ0n) is 16.9. The topological polar surface area (TPSA) is 36.4 Å². The molecule has 0 radical (unpaired) electrons. The second-order valence-corrected chi connectivity index (χ2v) is 7.32. The summed E-state index contributed by atoms with van der Waals surface area (Å²) in [4.78, 5) is 20.6. The van der Waals surface area contributed by atoms with Crippen molar-refractivity contribution < 1.29 is 22.4 Å². The van der Waals surface area contributed by atoms with Gasteiger partial charge in [0.1, 0.15) is 12.5 Å². The third-order valence-electron chi connectivity index (χ3n) is 5.31. The number of anilines is 3. The number of hydrogen-bond donors (Lipinski definition) is 0. The molecular weight excluding hydrogens is 410 g/mol. The maximum Gasteiger partial charge on any atom is 0.416 e. The van der Waals surface area contributed by atoms with E-state index in [-0.39, 0.29) is 12.2 Å². The minimum absolute atomic E-state index is 0.0524. The Bertz CT molecular complexity index is 1140. The van der Waals surface area contributed by atoms with Gasteiger partial charge in [-0.1, -0.05) is 6.92 Å². The van der Waals surface area contributed by atoms with Crippen molar-refractivity contribution in [2.24, 2.45) is 0 Å². The number of rotatable bonds is 3. The van der Waals surface area contributed by atoms with Gasteiger partial charge in [-0.15, -0.1) is 0 Å². The molecule has 0 N–H and O–H groups in total. The van der Waals surface area contributed by atoms with E-state index in [1.54, 1.807) is 30.0 Å². The lowest BCUT2D eigenvalue weighted by Gasteiger charge is -2.39. The van der Waals surface area contributed by atoms with Crippen molar-refractivity contribution in [2.75, 3.05) is 16.5 Å². The summed E-state index contributed by atoms with van der Waals surface area (Å²) in [5.74, 6) is -0.971. The van der Waals surface area contributed by atoms with Gasteiger partial charge in [-0.2, -0.15) is 13.2 Å². The highest BCUT2D eigenvalue weighted by atomic mass is 19.4. The fourth-order valence-corrected chi connectivity index (χ4v) is 3.66. The predicted molar refractivity (Wildman–Crippen MR) is 110 cm³/mol. The van der Waals surface area contributed by atoms with E-state index < -0.39 is 23.5 Å². The molecule has 3 aromatic rings. The lowest BCUT2D eigenvalue weighted by Crippen LogP contribution is -2.45. The van der Waals surface area contributed by atoms with Gasteiger partial charge in [-0.05, 0) is 67.4 Å². The Morgan fingerprint density at radius 1 is 1.00 bits per heavy atom. The number of aryl methyl sites for hydroxylation is 2. The van der Waals surface area contributed by atoms with E-state index >= 15 is 0 Å². The lowest BCUT2D eigenvalue weighted by molar-refractivity contribution is -0.137. The molecule has 1 aliphatic heterocycles. The van der Waals surface area contributed by atoms with Crippen LogP contribution >= 0.6 is 0 Å². The Hall–Kier alpha value is -3.42. The number of benzene rings is 2. The molecule has 0 bridgehead atoms. The number of halogens is 4. The Labute approximate surface area is 176 Å². The summed E-state index contributed by atoms with van der Waals surface area (Å²) in [6, 6.07) is 10.8. The summed E-state index contributed by atoms with van der Waals surface area (Å²) in [7, 11) is 0. The molecule has 0 saturated carbocycles. The maximum absolute atomic E-state index is 13.7. The van der Waals surface area contributed by atoms with Gasteiger partial charge in [0.2, 0.25) is 0 Å². The first-order valence-electron chi connectivity index (χ1n) is 9.70. The number of hydrogen-bond acceptors (Lipinski definition) is 3. The molecule has 0 spiro atoms. The number of pyridine rings is 1. The van der Waals surface area contributed by atoms with Gasteiger partial charge in [0, 0.05) is 11.4 Å². The van der Waals surface area contributed by atoms with Crippen LogP contribution in [-0.4, -0.2) is 17.6 Å². The Morgan fingerprint density at radius 3 is 2.35 bits per heavy atom. The monoisotopic (exact) mass is 429 g/mol. The average molecular weight is 429 g/mol. The number of carbonyl (C=O) groups is 1. The van der Waals surface area contributed by atoms with Crippen LogP contribution in [0.25, 0.3) is 0 Å². The van der Waals surface area contributed by atoms with Gasteiger partial charge in [0.05, 0.1) is 28.7 Å². The third kappa shape index (κ3) is 3.85. The highest BCUT2D eigenvalue weighted by molar-refractivity contribution is 6.12. The fraction of sp³-hybridized carbons (Fsp3) is 0.217. The molecule has 0 unspecified atom stereocenters. The zero-order chi connectivity index (χ0) is 22.3. The molecule has 2 aromatic carbocycles. The highest BCUT2D eigenvalue weighted by Gasteiger charge is 2.36. The van der Waals surface area contributed by atoms with E-state index in [2.05, 4.69) is 4.98 Å². The van der Waals surface area contributed by atoms with E-state index in [1.165, 1.54) is 29.3 Å². The molecule has 1 aliphatic rings. The van der Waals surface area contributed by atoms with Crippen molar-refractivity contribution in [3.05, 3.63) is 82.9 Å². The molecule has 1 amide bonds. The number of fused-ring (bicyclic) bond motifs is 1. The third-order valence-corrected chi connectivity index (χ3v) is 5.31. The number of amides is 1. The molecule has 8 heteroatoms. The first-order valence-corrected chi connectivity index (χ1v) is 9.70. The quantitative estimate of drug-likeness (QED) is 0.489. The molecule has 0 atom stereocenters. The first kappa shape index (κ1) is 20.8. The van der Waals surface area contributed by atoms with E-state index in [1.807, 2.05) is 6.92 Å². The fourth-order valence-electron chi connectivity index (χ4n) is 3.66. The van der Waals surface area contributed by atoms with E-state index in [4.69, 9.17) is 0 Å². The van der Waals surface area contributed by atoms with Crippen molar-refractivity contribution in [3.63, 3.8) is 0 Å². The molecular formula is C23H19F4N3O. The maximum atomic E-state index is 13.7. The predicted octanol–water partition coefficient (Wildman–Crippen LogP) is 5.87. The minimum Gasteiger partial charge on any atom is -0.322 e. The Kier molecular flexibility index (Phi) is 5.16. The molecule has 2 heterocycles. The van der Waals surface area contributed by atoms with Crippen LogP contribution in [0.5, 0.6) is 0 Å². The van der Waals surface area contributed by atoms with Crippen molar-refractivity contribution >= 4 is 23.0 Å². The molecule has 4 nitrogen and oxygen atoms in total. The van der Waals surface area contributed by atoms with Gasteiger partial charge >= 0.3 is 6.18 Å². The van der Waals surface area contributed by atoms with Gasteiger partial charge in [0.25, 0.3) is 5.91 Å². The highest BCUT2D eigenvalue weighted by Crippen LogP contribution is 2.40. The van der Waals surface area contributed by atoms with Crippen molar-refractivity contribution in [3.8, 4) is 0 Å². The van der Waals surface area contributed by atoms with Crippen LogP contribution in [0.3, 0.4) is 0 Å². The largest absolute Gasteiger partial charge is 0.416 e. The first-order chi connectivity index (χ1) is 14.7. The van der Waals surface area contributed by atoms with E-state index in [9.17, 15) is 22.4 Å². The standard InChI is InChI=1S/C23H19F4N3O/c1-3-17-6-7-18(12-28-17)29-13-30(20-9-5-16(24)10-14(20)2)21-8-4-15(23(25,26)27)11-19(21)22(29)31/h4-12H,3,13H2,1-2H3. The number of alkyl halides is 3. The summed E-state index contributed by atoms with van der Waals surface area (Å²) < 4.78 is 53.6. The van der Waals surface area contributed by atoms with Crippen LogP contribution < -0.4 is 9.80 Å². The van der Waals surface area contributed by atoms with E-state index in [0.717, 1.165) is 17.8 Å². The number of carbonyl (C=O) groups excluding carboxylic acids is 1. The van der Waals surface area contributed by atoms with E-state index in [0.29, 0.717) is 29.0 Å². The van der Waals surface area contributed by atoms with Crippen LogP contribution in [0.4, 0.5) is 34.6 Å². The Morgan fingerprint density at radius 2 is 1.74 bits per heavy atom. The van der Waals surface area contributed by atoms with Gasteiger partial charge in [-0.3, -0.25) is 14.7 Å². The lowest BCUT2D eigenvalue weighted by atomic mass is 10.0. The number of aromatic nitrogens is 1. The molecule has 4 rings (SSSR count). The molecule has 1 aromatic heterocycles. The van der Waals surface area contributed by atoms with Crippen LogP contribution in [0.2, 0.25) is 0 Å². The van der Waals surface area contributed by atoms with Gasteiger partial charge < -0.3 is 4.90 Å². The van der Waals surface area contributed by atoms with Crippen molar-refractivity contribution in [2.45, 2.75) is 26.4 Å². The van der Waals surface area contributed by atoms with Gasteiger partial charge in [0.15, 0.2) is 0 Å². The molecule has 0 fully saturated rings. The van der Waals surface area contributed by atoms with Crippen molar-refractivity contribution in [1.29, 1.82) is 0 Å². The van der Waals surface area contributed by atoms with Crippen molar-refractivity contribution in [1.82, 2.24) is 4.98 Å². The SMILES string of the molecule is CCc1ccc(N2CN(c3ccc(F)cc3C)c3ccc(C(F)(F)F)cc3C2=O)cn1. The van der Waals surface area contributed by atoms with Gasteiger partial charge in [-0.25, -0.2) is 4.39 Å². The molecule has 0 aliphatic carbocycles. The zero-order valence-corrected chi connectivity index (χ0v) is 16.9. The summed E-state index contributed by atoms with van der Waals surface area (Å²) in [6.07, 6.45) is -2.34. The number of nitrogens with zero attached hydrogens (tertiary/aromatic N) is 3. The summed E-state index contributed by atoms with van der Waals surface area (Å²) in [5, 5.41) is 0. The molecule has 31 heavy (non-hydrogen) atoms. The van der Waals surface area contributed by atoms with Crippen LogP contribution in [0.15, 0.2) is 54.7 Å². The normalized spacial score (nSPS) is 14.1. The smallest absolute Gasteiger partial charge is 0.322 e. The second kappa shape index (κ2) is 7.68. The van der Waals surface area contributed by atoms with Crippen LogP contribution in [0.1, 0.15) is 34.1 Å². The average Bonchev–Trinajstić information content (AvgIpc) is 2.74. The minimum atomic E-state index is -4.58. The van der Waals surface area contributed by atoms with Crippen LogP contribution in [0, 0.1) is 12.7 Å². The summed E-state index contributed by atoms with van der Waals surface area (Å²) >= 11 is 0. The summed E-state index contributed by atoms with van der Waals surface area (Å²) in [5.41, 5.74) is 1.84. The second-order valence-electron chi connectivity index (χ2n) is 7.32.